The Balaban J connectivity index is 2.15. The van der Waals surface area contributed by atoms with Gasteiger partial charge in [-0.25, -0.2) is 0 Å². The predicted octanol–water partition coefficient (Wildman–Crippen LogP) is 2.63. The molecule has 0 spiro atoms. The normalized spacial score (nSPS) is 12.6. The topological polar surface area (TPSA) is 77.8 Å². The van der Waals surface area contributed by atoms with Crippen LogP contribution in [0.3, 0.4) is 0 Å². The maximum atomic E-state index is 5.99. The summed E-state index contributed by atoms with van der Waals surface area (Å²) in [6.45, 7) is 4.13. The lowest BCUT2D eigenvalue weighted by molar-refractivity contribution is 0.346. The minimum atomic E-state index is -0.184. The number of aryl methyl sites for hydroxylation is 1. The van der Waals surface area contributed by atoms with Crippen molar-refractivity contribution in [2.24, 2.45) is 5.73 Å². The van der Waals surface area contributed by atoms with Crippen LogP contribution < -0.4 is 5.73 Å². The van der Waals surface area contributed by atoms with Crippen molar-refractivity contribution in [3.63, 3.8) is 0 Å². The Morgan fingerprint density at radius 3 is 3.00 bits per heavy atom. The Morgan fingerprint density at radius 1 is 1.44 bits per heavy atom. The van der Waals surface area contributed by atoms with Gasteiger partial charge in [-0.1, -0.05) is 24.9 Å². The van der Waals surface area contributed by atoms with Crippen molar-refractivity contribution in [2.75, 3.05) is 0 Å². The maximum Gasteiger partial charge on any atom is 0.243 e. The Kier molecular flexibility index (Phi) is 4.04. The van der Waals surface area contributed by atoms with E-state index in [1.165, 1.54) is 0 Å². The van der Waals surface area contributed by atoms with E-state index in [1.807, 2.05) is 19.1 Å². The van der Waals surface area contributed by atoms with Gasteiger partial charge in [0, 0.05) is 6.20 Å². The lowest BCUT2D eigenvalue weighted by atomic mass is 10.1. The van der Waals surface area contributed by atoms with Crippen LogP contribution in [-0.2, 0) is 0 Å². The molecule has 2 aromatic rings. The number of rotatable bonds is 5. The predicted molar refractivity (Wildman–Crippen MR) is 68.7 cm³/mol. The van der Waals surface area contributed by atoms with Crippen molar-refractivity contribution in [1.82, 2.24) is 15.1 Å². The third-order valence-electron chi connectivity index (χ3n) is 2.77. The molecule has 0 amide bonds. The second-order valence-corrected chi connectivity index (χ2v) is 4.42. The first kappa shape index (κ1) is 12.7. The van der Waals surface area contributed by atoms with E-state index in [-0.39, 0.29) is 6.04 Å². The van der Waals surface area contributed by atoms with Gasteiger partial charge in [0.25, 0.3) is 0 Å². The van der Waals surface area contributed by atoms with Crippen LogP contribution in [0.15, 0.2) is 22.9 Å². The van der Waals surface area contributed by atoms with E-state index in [1.54, 1.807) is 6.20 Å². The molecular weight excluding hydrogens is 228 g/mol. The third-order valence-corrected chi connectivity index (χ3v) is 2.77. The molecule has 0 radical (unpaired) electrons. The van der Waals surface area contributed by atoms with E-state index in [0.717, 1.165) is 24.8 Å². The zero-order valence-electron chi connectivity index (χ0n) is 10.8. The van der Waals surface area contributed by atoms with Crippen LogP contribution in [0.1, 0.15) is 43.7 Å². The average Bonchev–Trinajstić information content (AvgIpc) is 2.85. The fourth-order valence-electron chi connectivity index (χ4n) is 1.70. The Morgan fingerprint density at radius 2 is 2.28 bits per heavy atom. The molecule has 0 saturated heterocycles. The molecule has 96 valence electrons. The lowest BCUT2D eigenvalue weighted by Gasteiger charge is -2.03. The molecule has 0 unspecified atom stereocenters. The quantitative estimate of drug-likeness (QED) is 0.877. The first-order valence-corrected chi connectivity index (χ1v) is 6.23. The Labute approximate surface area is 106 Å². The van der Waals surface area contributed by atoms with Gasteiger partial charge in [-0.3, -0.25) is 4.98 Å². The highest BCUT2D eigenvalue weighted by molar-refractivity contribution is 5.48. The summed E-state index contributed by atoms with van der Waals surface area (Å²) >= 11 is 0. The summed E-state index contributed by atoms with van der Waals surface area (Å²) in [5.41, 5.74) is 7.81. The van der Waals surface area contributed by atoms with Crippen molar-refractivity contribution in [3.05, 3.63) is 29.8 Å². The maximum absolute atomic E-state index is 5.99. The number of pyridine rings is 1. The van der Waals surface area contributed by atoms with E-state index < -0.39 is 0 Å². The summed E-state index contributed by atoms with van der Waals surface area (Å²) in [6, 6.07) is 3.67. The van der Waals surface area contributed by atoms with Gasteiger partial charge in [-0.15, -0.1) is 0 Å². The molecule has 5 nitrogen and oxygen atoms in total. The molecule has 0 saturated carbocycles. The molecule has 2 rings (SSSR count). The highest BCUT2D eigenvalue weighted by Crippen LogP contribution is 2.19. The first-order valence-electron chi connectivity index (χ1n) is 6.23. The van der Waals surface area contributed by atoms with Crippen LogP contribution in [0.2, 0.25) is 0 Å². The van der Waals surface area contributed by atoms with Gasteiger partial charge in [-0.05, 0) is 31.0 Å². The number of hydrogen-bond acceptors (Lipinski definition) is 5. The van der Waals surface area contributed by atoms with E-state index in [9.17, 15) is 0 Å². The molecule has 5 heteroatoms. The highest BCUT2D eigenvalue weighted by atomic mass is 16.5. The fraction of sp³-hybridized carbons (Fsp3) is 0.462. The van der Waals surface area contributed by atoms with Crippen LogP contribution in [-0.4, -0.2) is 15.1 Å². The molecule has 0 bridgehead atoms. The molecule has 0 aliphatic heterocycles. The molecule has 0 aromatic carbocycles. The summed E-state index contributed by atoms with van der Waals surface area (Å²) in [7, 11) is 0. The van der Waals surface area contributed by atoms with Crippen molar-refractivity contribution in [3.8, 4) is 11.5 Å². The van der Waals surface area contributed by atoms with Crippen LogP contribution in [0.5, 0.6) is 0 Å². The Bertz CT molecular complexity index is 509. The lowest BCUT2D eigenvalue weighted by Crippen LogP contribution is -2.10. The van der Waals surface area contributed by atoms with Gasteiger partial charge in [0.2, 0.25) is 11.7 Å². The first-order chi connectivity index (χ1) is 8.70. The largest absolute Gasteiger partial charge is 0.337 e. The number of nitrogens with zero attached hydrogens (tertiary/aromatic N) is 3. The van der Waals surface area contributed by atoms with Crippen molar-refractivity contribution in [2.45, 2.75) is 39.2 Å². The molecular formula is C13H18N4O. The number of nitrogens with two attached hydrogens (primary N) is 1. The smallest absolute Gasteiger partial charge is 0.243 e. The monoisotopic (exact) mass is 246 g/mol. The summed E-state index contributed by atoms with van der Waals surface area (Å²) in [5.74, 6) is 0.988. The summed E-state index contributed by atoms with van der Waals surface area (Å²) < 4.78 is 5.19. The van der Waals surface area contributed by atoms with Crippen LogP contribution in [0, 0.1) is 6.92 Å². The minimum Gasteiger partial charge on any atom is -0.337 e. The molecule has 2 N–H and O–H groups in total. The van der Waals surface area contributed by atoms with Crippen LogP contribution >= 0.6 is 0 Å². The van der Waals surface area contributed by atoms with Gasteiger partial charge < -0.3 is 10.3 Å². The number of aromatic nitrogens is 3. The van der Waals surface area contributed by atoms with Crippen molar-refractivity contribution < 1.29 is 4.52 Å². The van der Waals surface area contributed by atoms with Crippen molar-refractivity contribution >= 4 is 0 Å². The molecule has 1 atom stereocenters. The fourth-order valence-corrected chi connectivity index (χ4v) is 1.70. The summed E-state index contributed by atoms with van der Waals surface area (Å²) in [4.78, 5) is 8.53. The molecule has 0 aliphatic carbocycles. The van der Waals surface area contributed by atoms with Gasteiger partial charge in [-0.2, -0.15) is 4.98 Å². The second kappa shape index (κ2) is 5.73. The van der Waals surface area contributed by atoms with Gasteiger partial charge >= 0.3 is 0 Å². The SMILES string of the molecule is CCCC[C@H](N)c1nc(-c2cc(C)ccn2)no1. The number of hydrogen-bond donors (Lipinski definition) is 1. The zero-order valence-corrected chi connectivity index (χ0v) is 10.8. The van der Waals surface area contributed by atoms with E-state index in [0.29, 0.717) is 17.4 Å². The van der Waals surface area contributed by atoms with Crippen LogP contribution in [0.25, 0.3) is 11.5 Å². The summed E-state index contributed by atoms with van der Waals surface area (Å²) in [6.07, 6.45) is 4.76. The molecule has 18 heavy (non-hydrogen) atoms. The van der Waals surface area contributed by atoms with E-state index in [4.69, 9.17) is 10.3 Å². The average molecular weight is 246 g/mol. The van der Waals surface area contributed by atoms with Crippen LogP contribution in [0.4, 0.5) is 0 Å². The van der Waals surface area contributed by atoms with Gasteiger partial charge in [0.05, 0.1) is 6.04 Å². The zero-order chi connectivity index (χ0) is 13.0. The van der Waals surface area contributed by atoms with Gasteiger partial charge in [0.1, 0.15) is 5.69 Å². The highest BCUT2D eigenvalue weighted by Gasteiger charge is 2.15. The molecule has 2 aromatic heterocycles. The standard InChI is InChI=1S/C13H18N4O/c1-3-4-5-10(14)13-16-12(17-18-13)11-8-9(2)6-7-15-11/h6-8,10H,3-5,14H2,1-2H3/t10-/m0/s1. The van der Waals surface area contributed by atoms with Gasteiger partial charge in [0.15, 0.2) is 0 Å². The molecule has 0 aliphatic rings. The summed E-state index contributed by atoms with van der Waals surface area (Å²) in [5, 5.41) is 3.93. The minimum absolute atomic E-state index is 0.184. The number of unbranched alkanes of at least 4 members (excludes halogenated alkanes) is 1. The third kappa shape index (κ3) is 2.92. The van der Waals surface area contributed by atoms with E-state index in [2.05, 4.69) is 22.0 Å². The molecule has 0 fully saturated rings. The van der Waals surface area contributed by atoms with E-state index >= 15 is 0 Å². The van der Waals surface area contributed by atoms with Crippen molar-refractivity contribution in [1.29, 1.82) is 0 Å². The molecule has 2 heterocycles. The Hall–Kier alpha value is -1.75. The second-order valence-electron chi connectivity index (χ2n) is 4.42.